The number of rotatable bonds is 5. The van der Waals surface area contributed by atoms with Crippen molar-refractivity contribution in [3.05, 3.63) is 47.3 Å². The Balaban J connectivity index is 1.55. The first-order valence-corrected chi connectivity index (χ1v) is 11.3. The maximum atomic E-state index is 13.6. The molecule has 6 nitrogen and oxygen atoms in total. The van der Waals surface area contributed by atoms with Crippen molar-refractivity contribution in [1.82, 2.24) is 20.0 Å². The molecule has 1 atom stereocenters. The SMILES string of the molecule is Cc1ccccc1-n1ncc(C(C)NC(=O)C2(N3CCOCC3)CCCCC2)c1C. The molecule has 1 aliphatic heterocycles. The summed E-state index contributed by atoms with van der Waals surface area (Å²) in [5, 5.41) is 7.98. The molecular weight excluding hydrogens is 376 g/mol. The van der Waals surface area contributed by atoms with Crippen molar-refractivity contribution in [3.8, 4) is 5.69 Å². The van der Waals surface area contributed by atoms with E-state index in [2.05, 4.69) is 48.2 Å². The third kappa shape index (κ3) is 3.91. The largest absolute Gasteiger partial charge is 0.379 e. The third-order valence-electron chi connectivity index (χ3n) is 6.93. The minimum absolute atomic E-state index is 0.0879. The van der Waals surface area contributed by atoms with Gasteiger partial charge in [0.2, 0.25) is 5.91 Å². The zero-order valence-electron chi connectivity index (χ0n) is 18.5. The highest BCUT2D eigenvalue weighted by atomic mass is 16.5. The summed E-state index contributed by atoms with van der Waals surface area (Å²) in [6, 6.07) is 8.16. The zero-order valence-corrected chi connectivity index (χ0v) is 18.5. The minimum Gasteiger partial charge on any atom is -0.379 e. The highest BCUT2D eigenvalue weighted by Gasteiger charge is 2.45. The fraction of sp³-hybridized carbons (Fsp3) is 0.583. The number of para-hydroxylation sites is 1. The molecule has 1 saturated heterocycles. The number of carbonyl (C=O) groups is 1. The van der Waals surface area contributed by atoms with E-state index in [1.165, 1.54) is 12.0 Å². The van der Waals surface area contributed by atoms with Crippen molar-refractivity contribution in [2.45, 2.75) is 64.5 Å². The number of amides is 1. The number of nitrogens with one attached hydrogen (secondary N) is 1. The monoisotopic (exact) mass is 410 g/mol. The smallest absolute Gasteiger partial charge is 0.241 e. The highest BCUT2D eigenvalue weighted by molar-refractivity contribution is 5.87. The second-order valence-corrected chi connectivity index (χ2v) is 8.77. The molecule has 1 aromatic carbocycles. The van der Waals surface area contributed by atoms with Crippen molar-refractivity contribution in [3.63, 3.8) is 0 Å². The van der Waals surface area contributed by atoms with Gasteiger partial charge in [-0.3, -0.25) is 9.69 Å². The molecule has 1 N–H and O–H groups in total. The van der Waals surface area contributed by atoms with Crippen LogP contribution in [-0.4, -0.2) is 52.4 Å². The summed E-state index contributed by atoms with van der Waals surface area (Å²) in [4.78, 5) is 16.0. The average molecular weight is 411 g/mol. The number of aromatic nitrogens is 2. The van der Waals surface area contributed by atoms with Crippen LogP contribution in [0.5, 0.6) is 0 Å². The third-order valence-corrected chi connectivity index (χ3v) is 6.93. The molecule has 2 aromatic rings. The summed E-state index contributed by atoms with van der Waals surface area (Å²) >= 11 is 0. The molecule has 6 heteroatoms. The Kier molecular flexibility index (Phi) is 6.25. The Bertz CT molecular complexity index is 879. The van der Waals surface area contributed by atoms with Gasteiger partial charge in [-0.25, -0.2) is 4.68 Å². The van der Waals surface area contributed by atoms with Crippen molar-refractivity contribution >= 4 is 5.91 Å². The van der Waals surface area contributed by atoms with E-state index in [4.69, 9.17) is 4.74 Å². The molecule has 1 amide bonds. The van der Waals surface area contributed by atoms with Crippen LogP contribution in [-0.2, 0) is 9.53 Å². The summed E-state index contributed by atoms with van der Waals surface area (Å²) in [5.74, 6) is 0.166. The van der Waals surface area contributed by atoms with Crippen LogP contribution in [0.1, 0.15) is 61.9 Å². The number of ether oxygens (including phenoxy) is 1. The normalized spacial score (nSPS) is 20.6. The molecule has 1 unspecified atom stereocenters. The predicted molar refractivity (Wildman–Crippen MR) is 118 cm³/mol. The number of carbonyl (C=O) groups excluding carboxylic acids is 1. The van der Waals surface area contributed by atoms with E-state index < -0.39 is 5.54 Å². The van der Waals surface area contributed by atoms with Crippen molar-refractivity contribution in [1.29, 1.82) is 0 Å². The van der Waals surface area contributed by atoms with E-state index >= 15 is 0 Å². The van der Waals surface area contributed by atoms with Crippen LogP contribution in [0.4, 0.5) is 0 Å². The van der Waals surface area contributed by atoms with Crippen molar-refractivity contribution < 1.29 is 9.53 Å². The number of hydrogen-bond acceptors (Lipinski definition) is 4. The standard InChI is InChI=1S/C24H34N4O2/c1-18-9-5-6-10-22(18)28-20(3)21(17-25-28)19(2)26-23(29)24(11-7-4-8-12-24)27-13-15-30-16-14-27/h5-6,9-10,17,19H,4,7-8,11-16H2,1-3H3,(H,26,29). The first-order chi connectivity index (χ1) is 14.5. The summed E-state index contributed by atoms with van der Waals surface area (Å²) in [5.41, 5.74) is 4.01. The van der Waals surface area contributed by atoms with Gasteiger partial charge >= 0.3 is 0 Å². The Morgan fingerprint density at radius 3 is 2.53 bits per heavy atom. The van der Waals surface area contributed by atoms with Crippen LogP contribution in [0.3, 0.4) is 0 Å². The molecule has 2 aliphatic rings. The Morgan fingerprint density at radius 2 is 1.83 bits per heavy atom. The van der Waals surface area contributed by atoms with Crippen molar-refractivity contribution in [2.24, 2.45) is 0 Å². The molecule has 0 radical (unpaired) electrons. The number of morpholine rings is 1. The number of hydrogen-bond donors (Lipinski definition) is 1. The molecule has 30 heavy (non-hydrogen) atoms. The lowest BCUT2D eigenvalue weighted by Gasteiger charge is -2.47. The summed E-state index contributed by atoms with van der Waals surface area (Å²) in [6.07, 6.45) is 7.22. The first-order valence-electron chi connectivity index (χ1n) is 11.3. The van der Waals surface area contributed by atoms with Crippen LogP contribution >= 0.6 is 0 Å². The van der Waals surface area contributed by atoms with Gasteiger partial charge in [0.05, 0.1) is 31.1 Å². The lowest BCUT2D eigenvalue weighted by atomic mass is 9.79. The van der Waals surface area contributed by atoms with Gasteiger partial charge in [-0.05, 0) is 45.2 Å². The number of aryl methyl sites for hydroxylation is 1. The van der Waals surface area contributed by atoms with E-state index in [-0.39, 0.29) is 11.9 Å². The summed E-state index contributed by atoms with van der Waals surface area (Å²) in [6.45, 7) is 9.35. The Morgan fingerprint density at radius 1 is 1.13 bits per heavy atom. The van der Waals surface area contributed by atoms with Crippen LogP contribution in [0, 0.1) is 13.8 Å². The molecule has 162 valence electrons. The van der Waals surface area contributed by atoms with Crippen LogP contribution in [0.2, 0.25) is 0 Å². The number of benzene rings is 1. The topological polar surface area (TPSA) is 59.4 Å². The van der Waals surface area contributed by atoms with Crippen LogP contribution < -0.4 is 5.32 Å². The lowest BCUT2D eigenvalue weighted by Crippen LogP contribution is -2.62. The van der Waals surface area contributed by atoms with E-state index in [0.717, 1.165) is 55.7 Å². The fourth-order valence-electron chi connectivity index (χ4n) is 5.11. The van der Waals surface area contributed by atoms with Gasteiger partial charge in [0.1, 0.15) is 5.54 Å². The van der Waals surface area contributed by atoms with Gasteiger partial charge in [-0.1, -0.05) is 37.5 Å². The predicted octanol–water partition coefficient (Wildman–Crippen LogP) is 3.70. The molecule has 1 saturated carbocycles. The maximum absolute atomic E-state index is 13.6. The molecule has 1 aliphatic carbocycles. The molecule has 0 spiro atoms. The molecule has 2 heterocycles. The Hall–Kier alpha value is -2.18. The minimum atomic E-state index is -0.393. The summed E-state index contributed by atoms with van der Waals surface area (Å²) < 4.78 is 7.53. The first kappa shape index (κ1) is 21.1. The molecule has 1 aromatic heterocycles. The lowest BCUT2D eigenvalue weighted by molar-refractivity contribution is -0.140. The van der Waals surface area contributed by atoms with E-state index in [1.54, 1.807) is 0 Å². The highest BCUT2D eigenvalue weighted by Crippen LogP contribution is 2.35. The second kappa shape index (κ2) is 8.90. The average Bonchev–Trinajstić information content (AvgIpc) is 3.16. The van der Waals surface area contributed by atoms with Gasteiger partial charge in [0.15, 0.2) is 0 Å². The molecular formula is C24H34N4O2. The van der Waals surface area contributed by atoms with Gasteiger partial charge in [-0.15, -0.1) is 0 Å². The van der Waals surface area contributed by atoms with E-state index in [1.807, 2.05) is 23.0 Å². The second-order valence-electron chi connectivity index (χ2n) is 8.77. The van der Waals surface area contributed by atoms with Crippen molar-refractivity contribution in [2.75, 3.05) is 26.3 Å². The zero-order chi connectivity index (χ0) is 21.1. The van der Waals surface area contributed by atoms with Gasteiger partial charge in [-0.2, -0.15) is 5.10 Å². The van der Waals surface area contributed by atoms with Gasteiger partial charge < -0.3 is 10.1 Å². The van der Waals surface area contributed by atoms with Crippen LogP contribution in [0.25, 0.3) is 5.69 Å². The number of nitrogens with zero attached hydrogens (tertiary/aromatic N) is 3. The Labute approximate surface area is 179 Å². The molecule has 2 fully saturated rings. The fourth-order valence-corrected chi connectivity index (χ4v) is 5.11. The van der Waals surface area contributed by atoms with Crippen LogP contribution in [0.15, 0.2) is 30.5 Å². The van der Waals surface area contributed by atoms with Gasteiger partial charge in [0, 0.05) is 24.3 Å². The quantitative estimate of drug-likeness (QED) is 0.817. The summed E-state index contributed by atoms with van der Waals surface area (Å²) in [7, 11) is 0. The molecule has 0 bridgehead atoms. The van der Waals surface area contributed by atoms with E-state index in [0.29, 0.717) is 13.2 Å². The van der Waals surface area contributed by atoms with E-state index in [9.17, 15) is 4.79 Å². The molecule has 4 rings (SSSR count). The van der Waals surface area contributed by atoms with Gasteiger partial charge in [0.25, 0.3) is 0 Å². The maximum Gasteiger partial charge on any atom is 0.241 e.